The number of hydrogen-bond donors (Lipinski definition) is 0. The average Bonchev–Trinajstić information content (AvgIpc) is 2.47. The Labute approximate surface area is 75.8 Å². The topological polar surface area (TPSA) is 3.24 Å². The molecule has 0 radical (unpaired) electrons. The molecule has 1 nitrogen and oxygen atoms in total. The van der Waals surface area contributed by atoms with Crippen LogP contribution in [0.4, 0.5) is 0 Å². The van der Waals surface area contributed by atoms with Crippen molar-refractivity contribution in [3.63, 3.8) is 0 Å². The molecule has 1 unspecified atom stereocenters. The molecule has 1 atom stereocenters. The normalized spacial score (nSPS) is 24.2. The number of rotatable bonds is 4. The molecule has 1 fully saturated rings. The zero-order valence-corrected chi connectivity index (χ0v) is 8.05. The average molecular weight is 165 g/mol. The van der Waals surface area contributed by atoms with Crippen molar-refractivity contribution in [2.75, 3.05) is 13.6 Å². The van der Waals surface area contributed by atoms with E-state index in [1.54, 1.807) is 0 Å². The van der Waals surface area contributed by atoms with E-state index in [1.165, 1.54) is 31.4 Å². The van der Waals surface area contributed by atoms with Crippen molar-refractivity contribution in [2.24, 2.45) is 0 Å². The Balaban J connectivity index is 2.22. The lowest BCUT2D eigenvalue weighted by Crippen LogP contribution is -2.24. The van der Waals surface area contributed by atoms with Crippen LogP contribution in [-0.4, -0.2) is 24.5 Å². The molecule has 1 aliphatic heterocycles. The van der Waals surface area contributed by atoms with Gasteiger partial charge in [0.05, 0.1) is 0 Å². The molecule has 0 N–H and O–H groups in total. The summed E-state index contributed by atoms with van der Waals surface area (Å²) in [5.41, 5.74) is 1.18. The van der Waals surface area contributed by atoms with Gasteiger partial charge in [-0.2, -0.15) is 0 Å². The molecule has 1 rings (SSSR count). The minimum absolute atomic E-state index is 0.793. The van der Waals surface area contributed by atoms with Crippen molar-refractivity contribution in [2.45, 2.75) is 31.7 Å². The predicted molar refractivity (Wildman–Crippen MR) is 54.2 cm³/mol. The molecule has 1 aliphatic rings. The van der Waals surface area contributed by atoms with Gasteiger partial charge in [0.2, 0.25) is 0 Å². The van der Waals surface area contributed by atoms with Crippen LogP contribution in [0.1, 0.15) is 25.7 Å². The Morgan fingerprint density at radius 1 is 1.67 bits per heavy atom. The molecule has 1 heteroatoms. The quantitative estimate of drug-likeness (QED) is 0.579. The second kappa shape index (κ2) is 4.46. The summed E-state index contributed by atoms with van der Waals surface area (Å²) in [7, 11) is 2.22. The highest BCUT2D eigenvalue weighted by Gasteiger charge is 2.19. The first-order chi connectivity index (χ1) is 5.74. The molecule has 0 saturated carbocycles. The van der Waals surface area contributed by atoms with E-state index >= 15 is 0 Å². The highest BCUT2D eigenvalue weighted by Crippen LogP contribution is 2.20. The summed E-state index contributed by atoms with van der Waals surface area (Å²) >= 11 is 0. The van der Waals surface area contributed by atoms with Gasteiger partial charge in [0, 0.05) is 6.04 Å². The summed E-state index contributed by atoms with van der Waals surface area (Å²) in [6.07, 6.45) is 6.96. The maximum absolute atomic E-state index is 3.92. The van der Waals surface area contributed by atoms with Gasteiger partial charge in [-0.3, -0.25) is 0 Å². The van der Waals surface area contributed by atoms with Gasteiger partial charge in [-0.05, 0) is 39.3 Å². The summed E-state index contributed by atoms with van der Waals surface area (Å²) in [5, 5.41) is 0. The SMILES string of the molecule is C=CC(=C)CCC1CCCN1C. The molecule has 0 bridgehead atoms. The molecule has 0 aromatic heterocycles. The van der Waals surface area contributed by atoms with Gasteiger partial charge >= 0.3 is 0 Å². The van der Waals surface area contributed by atoms with Crippen LogP contribution in [0.25, 0.3) is 0 Å². The Morgan fingerprint density at radius 2 is 2.42 bits per heavy atom. The molecule has 0 amide bonds. The molecule has 0 aromatic carbocycles. The molecule has 1 heterocycles. The Morgan fingerprint density at radius 3 is 2.92 bits per heavy atom. The fourth-order valence-electron chi connectivity index (χ4n) is 1.80. The van der Waals surface area contributed by atoms with Crippen molar-refractivity contribution in [1.82, 2.24) is 4.90 Å². The third-order valence-electron chi connectivity index (χ3n) is 2.76. The van der Waals surface area contributed by atoms with E-state index in [0.717, 1.165) is 12.5 Å². The summed E-state index contributed by atoms with van der Waals surface area (Å²) in [6, 6.07) is 0.793. The van der Waals surface area contributed by atoms with E-state index in [4.69, 9.17) is 0 Å². The molecule has 0 aromatic rings. The molecule has 0 spiro atoms. The van der Waals surface area contributed by atoms with Crippen molar-refractivity contribution in [3.05, 3.63) is 24.8 Å². The smallest absolute Gasteiger partial charge is 0.00958 e. The molecular formula is C11H19N. The molecule has 12 heavy (non-hydrogen) atoms. The Hall–Kier alpha value is -0.560. The van der Waals surface area contributed by atoms with E-state index in [9.17, 15) is 0 Å². The number of allylic oxidation sites excluding steroid dienone is 2. The fraction of sp³-hybridized carbons (Fsp3) is 0.636. The van der Waals surface area contributed by atoms with Gasteiger partial charge in [0.15, 0.2) is 0 Å². The fourth-order valence-corrected chi connectivity index (χ4v) is 1.80. The Kier molecular flexibility index (Phi) is 3.54. The van der Waals surface area contributed by atoms with E-state index < -0.39 is 0 Å². The van der Waals surface area contributed by atoms with Gasteiger partial charge in [-0.1, -0.05) is 24.8 Å². The van der Waals surface area contributed by atoms with Crippen LogP contribution >= 0.6 is 0 Å². The molecule has 0 aliphatic carbocycles. The highest BCUT2D eigenvalue weighted by atomic mass is 15.1. The molecular weight excluding hydrogens is 146 g/mol. The largest absolute Gasteiger partial charge is 0.303 e. The highest BCUT2D eigenvalue weighted by molar-refractivity contribution is 5.10. The van der Waals surface area contributed by atoms with Crippen molar-refractivity contribution in [1.29, 1.82) is 0 Å². The maximum Gasteiger partial charge on any atom is 0.00958 e. The summed E-state index contributed by atoms with van der Waals surface area (Å²) in [5.74, 6) is 0. The molecule has 1 saturated heterocycles. The van der Waals surface area contributed by atoms with Crippen LogP contribution in [0, 0.1) is 0 Å². The van der Waals surface area contributed by atoms with Crippen LogP contribution in [-0.2, 0) is 0 Å². The summed E-state index contributed by atoms with van der Waals surface area (Å²) in [4.78, 5) is 2.45. The lowest BCUT2D eigenvalue weighted by molar-refractivity contribution is 0.297. The number of nitrogens with zero attached hydrogens (tertiary/aromatic N) is 1. The van der Waals surface area contributed by atoms with Crippen LogP contribution in [0.15, 0.2) is 24.8 Å². The minimum atomic E-state index is 0.793. The standard InChI is InChI=1S/C11H19N/c1-4-10(2)7-8-11-6-5-9-12(11)3/h4,11H,1-2,5-9H2,3H3. The van der Waals surface area contributed by atoms with E-state index in [1.807, 2.05) is 6.08 Å². The first kappa shape index (κ1) is 9.53. The molecule has 68 valence electrons. The predicted octanol–water partition coefficient (Wildman–Crippen LogP) is 2.60. The monoisotopic (exact) mass is 165 g/mol. The van der Waals surface area contributed by atoms with E-state index in [0.29, 0.717) is 0 Å². The van der Waals surface area contributed by atoms with Crippen molar-refractivity contribution >= 4 is 0 Å². The van der Waals surface area contributed by atoms with Crippen LogP contribution in [0.3, 0.4) is 0 Å². The van der Waals surface area contributed by atoms with Crippen molar-refractivity contribution < 1.29 is 0 Å². The zero-order valence-electron chi connectivity index (χ0n) is 8.05. The van der Waals surface area contributed by atoms with Crippen LogP contribution < -0.4 is 0 Å². The first-order valence-corrected chi connectivity index (χ1v) is 4.74. The maximum atomic E-state index is 3.92. The second-order valence-corrected chi connectivity index (χ2v) is 3.68. The third-order valence-corrected chi connectivity index (χ3v) is 2.76. The third kappa shape index (κ3) is 2.49. The van der Waals surface area contributed by atoms with Crippen LogP contribution in [0.2, 0.25) is 0 Å². The van der Waals surface area contributed by atoms with Gasteiger partial charge in [-0.15, -0.1) is 0 Å². The lowest BCUT2D eigenvalue weighted by atomic mass is 10.1. The Bertz CT molecular complexity index is 172. The van der Waals surface area contributed by atoms with E-state index in [-0.39, 0.29) is 0 Å². The van der Waals surface area contributed by atoms with Gasteiger partial charge in [0.25, 0.3) is 0 Å². The van der Waals surface area contributed by atoms with Crippen molar-refractivity contribution in [3.8, 4) is 0 Å². The summed E-state index contributed by atoms with van der Waals surface area (Å²) in [6.45, 7) is 8.90. The number of likely N-dealkylation sites (tertiary alicyclic amines) is 1. The number of hydrogen-bond acceptors (Lipinski definition) is 1. The zero-order chi connectivity index (χ0) is 8.97. The van der Waals surface area contributed by atoms with Gasteiger partial charge < -0.3 is 4.90 Å². The van der Waals surface area contributed by atoms with E-state index in [2.05, 4.69) is 25.1 Å². The summed E-state index contributed by atoms with van der Waals surface area (Å²) < 4.78 is 0. The van der Waals surface area contributed by atoms with Gasteiger partial charge in [-0.25, -0.2) is 0 Å². The van der Waals surface area contributed by atoms with Crippen LogP contribution in [0.5, 0.6) is 0 Å². The first-order valence-electron chi connectivity index (χ1n) is 4.74. The second-order valence-electron chi connectivity index (χ2n) is 3.68. The van der Waals surface area contributed by atoms with Gasteiger partial charge in [0.1, 0.15) is 0 Å². The lowest BCUT2D eigenvalue weighted by Gasteiger charge is -2.18. The minimum Gasteiger partial charge on any atom is -0.303 e.